The van der Waals surface area contributed by atoms with Crippen LogP contribution in [0.15, 0.2) is 28.8 Å². The number of carbonyl (C=O) groups is 1. The van der Waals surface area contributed by atoms with Crippen LogP contribution in [0.2, 0.25) is 0 Å². The van der Waals surface area contributed by atoms with Crippen molar-refractivity contribution in [2.75, 3.05) is 13.6 Å². The van der Waals surface area contributed by atoms with Crippen molar-refractivity contribution >= 4 is 5.91 Å². The largest absolute Gasteiger partial charge is 0.388 e. The first-order chi connectivity index (χ1) is 10.5. The van der Waals surface area contributed by atoms with Crippen molar-refractivity contribution in [2.24, 2.45) is 0 Å². The van der Waals surface area contributed by atoms with Crippen LogP contribution in [0.4, 0.5) is 4.39 Å². The minimum absolute atomic E-state index is 0.0188. The Kier molecular flexibility index (Phi) is 4.92. The number of aromatic nitrogens is 1. The minimum Gasteiger partial charge on any atom is -0.388 e. The lowest BCUT2D eigenvalue weighted by Gasteiger charge is -2.15. The average Bonchev–Trinajstić information content (AvgIpc) is 2.92. The van der Waals surface area contributed by atoms with Crippen molar-refractivity contribution in [1.29, 1.82) is 0 Å². The molecule has 1 amide bonds. The van der Waals surface area contributed by atoms with Gasteiger partial charge in [-0.15, -0.1) is 0 Å². The fourth-order valence-corrected chi connectivity index (χ4v) is 2.27. The van der Waals surface area contributed by atoms with Gasteiger partial charge in [-0.1, -0.05) is 12.1 Å². The summed E-state index contributed by atoms with van der Waals surface area (Å²) in [5.74, 6) is -0.686. The number of aliphatic hydroxyl groups excluding tert-OH is 1. The first-order valence-corrected chi connectivity index (χ1v) is 7.14. The van der Waals surface area contributed by atoms with Crippen LogP contribution >= 0.6 is 0 Å². The molecule has 118 valence electrons. The molecule has 2 rings (SSSR count). The lowest BCUT2D eigenvalue weighted by Crippen LogP contribution is -2.28. The Morgan fingerprint density at radius 3 is 2.59 bits per heavy atom. The van der Waals surface area contributed by atoms with Gasteiger partial charge in [0.2, 0.25) is 5.76 Å². The number of nitrogens with zero attached hydrogens (tertiary/aromatic N) is 2. The van der Waals surface area contributed by atoms with Crippen LogP contribution in [0.5, 0.6) is 0 Å². The third kappa shape index (κ3) is 3.17. The van der Waals surface area contributed by atoms with E-state index in [-0.39, 0.29) is 17.5 Å². The molecule has 0 bridgehead atoms. The lowest BCUT2D eigenvalue weighted by molar-refractivity contribution is 0.0745. The summed E-state index contributed by atoms with van der Waals surface area (Å²) < 4.78 is 18.2. The second kappa shape index (κ2) is 6.70. The van der Waals surface area contributed by atoms with Gasteiger partial charge < -0.3 is 14.5 Å². The maximum absolute atomic E-state index is 13.0. The first-order valence-electron chi connectivity index (χ1n) is 7.14. The van der Waals surface area contributed by atoms with Gasteiger partial charge in [-0.2, -0.15) is 0 Å². The van der Waals surface area contributed by atoms with Crippen LogP contribution in [-0.4, -0.2) is 34.7 Å². The Balaban J connectivity index is 2.46. The summed E-state index contributed by atoms with van der Waals surface area (Å²) in [6.07, 6.45) is -0.120. The Morgan fingerprint density at radius 2 is 2.05 bits per heavy atom. The summed E-state index contributed by atoms with van der Waals surface area (Å²) in [6.45, 7) is 4.07. The molecule has 0 saturated carbocycles. The van der Waals surface area contributed by atoms with Gasteiger partial charge in [0.15, 0.2) is 0 Å². The molecule has 1 unspecified atom stereocenters. The summed E-state index contributed by atoms with van der Waals surface area (Å²) in [6, 6.07) is 5.65. The number of carbonyl (C=O) groups excluding carboxylic acids is 1. The molecule has 22 heavy (non-hydrogen) atoms. The minimum atomic E-state index is -0.930. The topological polar surface area (TPSA) is 66.6 Å². The van der Waals surface area contributed by atoms with Crippen molar-refractivity contribution in [1.82, 2.24) is 10.1 Å². The molecule has 0 saturated heterocycles. The second-order valence-corrected chi connectivity index (χ2v) is 5.18. The zero-order valence-electron chi connectivity index (χ0n) is 12.8. The SMILES string of the molecule is CCCN(C)C(=O)c1onc(-c2ccc(F)cc2)c1C(C)O. The predicted octanol–water partition coefficient (Wildman–Crippen LogP) is 3.02. The van der Waals surface area contributed by atoms with Gasteiger partial charge in [0.05, 0.1) is 11.7 Å². The highest BCUT2D eigenvalue weighted by molar-refractivity contribution is 5.94. The fourth-order valence-electron chi connectivity index (χ4n) is 2.27. The molecular weight excluding hydrogens is 287 g/mol. The first kappa shape index (κ1) is 16.2. The van der Waals surface area contributed by atoms with Crippen LogP contribution in [0, 0.1) is 5.82 Å². The van der Waals surface area contributed by atoms with Crippen LogP contribution in [0.1, 0.15) is 42.5 Å². The number of hydrogen-bond donors (Lipinski definition) is 1. The number of halogens is 1. The Hall–Kier alpha value is -2.21. The molecule has 1 atom stereocenters. The Labute approximate surface area is 128 Å². The van der Waals surface area contributed by atoms with E-state index in [0.717, 1.165) is 6.42 Å². The van der Waals surface area contributed by atoms with E-state index >= 15 is 0 Å². The summed E-state index contributed by atoms with van der Waals surface area (Å²) in [7, 11) is 1.66. The third-order valence-electron chi connectivity index (χ3n) is 3.36. The van der Waals surface area contributed by atoms with E-state index in [1.54, 1.807) is 7.05 Å². The lowest BCUT2D eigenvalue weighted by atomic mass is 10.0. The third-order valence-corrected chi connectivity index (χ3v) is 3.36. The fraction of sp³-hybridized carbons (Fsp3) is 0.375. The van der Waals surface area contributed by atoms with E-state index in [1.165, 1.54) is 36.1 Å². The van der Waals surface area contributed by atoms with Crippen LogP contribution < -0.4 is 0 Å². The van der Waals surface area contributed by atoms with E-state index < -0.39 is 6.10 Å². The number of rotatable bonds is 5. The Morgan fingerprint density at radius 1 is 1.41 bits per heavy atom. The Bertz CT molecular complexity index is 650. The van der Waals surface area contributed by atoms with Gasteiger partial charge in [0.25, 0.3) is 5.91 Å². The number of amides is 1. The summed E-state index contributed by atoms with van der Waals surface area (Å²) >= 11 is 0. The monoisotopic (exact) mass is 306 g/mol. The van der Waals surface area contributed by atoms with Gasteiger partial charge >= 0.3 is 0 Å². The van der Waals surface area contributed by atoms with Crippen molar-refractivity contribution in [2.45, 2.75) is 26.4 Å². The molecule has 0 spiro atoms. The van der Waals surface area contributed by atoms with Crippen LogP contribution in [0.3, 0.4) is 0 Å². The molecule has 1 heterocycles. The van der Waals surface area contributed by atoms with Crippen molar-refractivity contribution in [3.63, 3.8) is 0 Å². The van der Waals surface area contributed by atoms with Gasteiger partial charge in [0, 0.05) is 19.2 Å². The highest BCUT2D eigenvalue weighted by Gasteiger charge is 2.28. The van der Waals surface area contributed by atoms with E-state index in [2.05, 4.69) is 5.16 Å². The highest BCUT2D eigenvalue weighted by Crippen LogP contribution is 2.31. The number of benzene rings is 1. The maximum atomic E-state index is 13.0. The average molecular weight is 306 g/mol. The van der Waals surface area contributed by atoms with Gasteiger partial charge in [0.1, 0.15) is 11.5 Å². The molecule has 1 aromatic carbocycles. The molecule has 2 aromatic rings. The molecule has 0 aliphatic carbocycles. The zero-order chi connectivity index (χ0) is 16.3. The summed E-state index contributed by atoms with van der Waals surface area (Å²) in [5.41, 5.74) is 1.25. The van der Waals surface area contributed by atoms with Crippen LogP contribution in [-0.2, 0) is 0 Å². The maximum Gasteiger partial charge on any atom is 0.292 e. The van der Waals surface area contributed by atoms with E-state index in [0.29, 0.717) is 23.4 Å². The molecular formula is C16H19FN2O3. The molecule has 0 aliphatic rings. The second-order valence-electron chi connectivity index (χ2n) is 5.18. The normalized spacial score (nSPS) is 12.2. The van der Waals surface area contributed by atoms with E-state index in [4.69, 9.17) is 4.52 Å². The van der Waals surface area contributed by atoms with Gasteiger partial charge in [-0.3, -0.25) is 4.79 Å². The predicted molar refractivity (Wildman–Crippen MR) is 79.8 cm³/mol. The van der Waals surface area contributed by atoms with Crippen molar-refractivity contribution < 1.29 is 18.8 Å². The quantitative estimate of drug-likeness (QED) is 0.922. The standard InChI is InChI=1S/C16H19FN2O3/c1-4-9-19(3)16(21)15-13(10(2)20)14(18-22-15)11-5-7-12(17)8-6-11/h5-8,10,20H,4,9H2,1-3H3. The molecule has 0 radical (unpaired) electrons. The highest BCUT2D eigenvalue weighted by atomic mass is 19.1. The summed E-state index contributed by atoms with van der Waals surface area (Å²) in [5, 5.41) is 13.9. The smallest absolute Gasteiger partial charge is 0.292 e. The molecule has 5 nitrogen and oxygen atoms in total. The van der Waals surface area contributed by atoms with E-state index in [1.807, 2.05) is 6.92 Å². The van der Waals surface area contributed by atoms with Gasteiger partial charge in [-0.25, -0.2) is 4.39 Å². The molecule has 0 aliphatic heterocycles. The molecule has 0 fully saturated rings. The number of aliphatic hydroxyl groups is 1. The molecule has 1 N–H and O–H groups in total. The van der Waals surface area contributed by atoms with Crippen molar-refractivity contribution in [3.8, 4) is 11.3 Å². The van der Waals surface area contributed by atoms with Crippen molar-refractivity contribution in [3.05, 3.63) is 41.4 Å². The van der Waals surface area contributed by atoms with Crippen LogP contribution in [0.25, 0.3) is 11.3 Å². The van der Waals surface area contributed by atoms with E-state index in [9.17, 15) is 14.3 Å². The number of hydrogen-bond acceptors (Lipinski definition) is 4. The molecule has 6 heteroatoms. The zero-order valence-corrected chi connectivity index (χ0v) is 12.8. The molecule has 1 aromatic heterocycles. The summed E-state index contributed by atoms with van der Waals surface area (Å²) in [4.78, 5) is 13.9. The van der Waals surface area contributed by atoms with Gasteiger partial charge in [-0.05, 0) is 37.6 Å².